The molecular formula is C25H32N4O7S. The largest absolute Gasteiger partial charge is 0.493 e. The summed E-state index contributed by atoms with van der Waals surface area (Å²) < 4.78 is 44.8. The Morgan fingerprint density at radius 2 is 1.78 bits per heavy atom. The summed E-state index contributed by atoms with van der Waals surface area (Å²) in [7, 11) is -0.608. The molecule has 3 aromatic rings. The van der Waals surface area contributed by atoms with Gasteiger partial charge in [0.2, 0.25) is 15.9 Å². The minimum absolute atomic E-state index is 0.0637. The lowest BCUT2D eigenvalue weighted by Gasteiger charge is -2.24. The van der Waals surface area contributed by atoms with E-state index in [0.29, 0.717) is 55.9 Å². The maximum Gasteiger partial charge on any atom is 0.420 e. The summed E-state index contributed by atoms with van der Waals surface area (Å²) in [5, 5.41) is 6.06. The number of carbonyl (C=O) groups is 1. The first-order chi connectivity index (χ1) is 17.8. The van der Waals surface area contributed by atoms with Crippen LogP contribution in [0.15, 0.2) is 50.5 Å². The fourth-order valence-corrected chi connectivity index (χ4v) is 5.86. The fourth-order valence-electron chi connectivity index (χ4n) is 4.33. The number of hydrogen-bond donors (Lipinski definition) is 2. The van der Waals surface area contributed by atoms with E-state index in [1.807, 2.05) is 12.1 Å². The minimum Gasteiger partial charge on any atom is -0.493 e. The van der Waals surface area contributed by atoms with Gasteiger partial charge in [-0.2, -0.15) is 4.31 Å². The molecule has 1 aromatic heterocycles. The van der Waals surface area contributed by atoms with Gasteiger partial charge < -0.3 is 24.5 Å². The first-order valence-corrected chi connectivity index (χ1v) is 13.6. The van der Waals surface area contributed by atoms with E-state index in [9.17, 15) is 18.0 Å². The number of benzene rings is 2. The van der Waals surface area contributed by atoms with Crippen molar-refractivity contribution in [2.75, 3.05) is 46.9 Å². The molecule has 0 bridgehead atoms. The summed E-state index contributed by atoms with van der Waals surface area (Å²) >= 11 is 0. The van der Waals surface area contributed by atoms with Gasteiger partial charge in [0.1, 0.15) is 6.54 Å². The van der Waals surface area contributed by atoms with Gasteiger partial charge in [-0.15, -0.1) is 0 Å². The lowest BCUT2D eigenvalue weighted by Crippen LogP contribution is -2.38. The van der Waals surface area contributed by atoms with Crippen molar-refractivity contribution in [1.82, 2.24) is 19.5 Å². The van der Waals surface area contributed by atoms with Gasteiger partial charge in [-0.1, -0.05) is 6.07 Å². The van der Waals surface area contributed by atoms with E-state index >= 15 is 0 Å². The third-order valence-electron chi connectivity index (χ3n) is 6.29. The molecule has 4 rings (SSSR count). The number of carbonyl (C=O) groups excluding carboxylic acids is 1. The second kappa shape index (κ2) is 11.8. The Bertz CT molecular complexity index is 1410. The summed E-state index contributed by atoms with van der Waals surface area (Å²) in [6, 6.07) is 9.85. The van der Waals surface area contributed by atoms with Crippen LogP contribution in [-0.2, 0) is 27.8 Å². The maximum atomic E-state index is 13.2. The van der Waals surface area contributed by atoms with E-state index in [1.54, 1.807) is 20.3 Å². The van der Waals surface area contributed by atoms with Crippen LogP contribution in [0.25, 0.3) is 11.1 Å². The third-order valence-corrected chi connectivity index (χ3v) is 8.18. The highest BCUT2D eigenvalue weighted by atomic mass is 32.2. The van der Waals surface area contributed by atoms with Crippen molar-refractivity contribution < 1.29 is 27.1 Å². The standard InChI is InChI=1S/C25H32N4O7S/c1-34-21-8-5-18(15-23(21)35-2)9-12-27-24(30)17-29-20-7-6-19(16-22(20)36-25(29)31)37(32,33)28-13-3-10-26-11-4-14-28/h5-8,15-16,26H,3-4,9-14,17H2,1-2H3,(H,27,30). The molecule has 0 radical (unpaired) electrons. The Labute approximate surface area is 215 Å². The van der Waals surface area contributed by atoms with Gasteiger partial charge in [-0.3, -0.25) is 9.36 Å². The van der Waals surface area contributed by atoms with Gasteiger partial charge in [-0.05, 0) is 62.2 Å². The van der Waals surface area contributed by atoms with Crippen molar-refractivity contribution in [3.8, 4) is 11.5 Å². The number of nitrogens with one attached hydrogen (secondary N) is 2. The van der Waals surface area contributed by atoms with E-state index in [1.165, 1.54) is 27.1 Å². The number of aromatic nitrogens is 1. The molecule has 37 heavy (non-hydrogen) atoms. The van der Waals surface area contributed by atoms with Gasteiger partial charge >= 0.3 is 5.76 Å². The fraction of sp³-hybridized carbons (Fsp3) is 0.440. The van der Waals surface area contributed by atoms with Crippen molar-refractivity contribution in [2.24, 2.45) is 0 Å². The highest BCUT2D eigenvalue weighted by Crippen LogP contribution is 2.27. The molecule has 0 spiro atoms. The normalized spacial score (nSPS) is 15.2. The number of amides is 1. The number of nitrogens with zero attached hydrogens (tertiary/aromatic N) is 2. The zero-order valence-electron chi connectivity index (χ0n) is 21.0. The Balaban J connectivity index is 1.42. The molecule has 1 saturated heterocycles. The summed E-state index contributed by atoms with van der Waals surface area (Å²) in [5.74, 6) is 0.136. The highest BCUT2D eigenvalue weighted by molar-refractivity contribution is 7.89. The van der Waals surface area contributed by atoms with Crippen LogP contribution in [-0.4, -0.2) is 70.1 Å². The first-order valence-electron chi connectivity index (χ1n) is 12.2. The molecule has 0 atom stereocenters. The topological polar surface area (TPSA) is 132 Å². The molecule has 1 fully saturated rings. The van der Waals surface area contributed by atoms with E-state index in [0.717, 1.165) is 18.7 Å². The van der Waals surface area contributed by atoms with Crippen molar-refractivity contribution in [1.29, 1.82) is 0 Å². The van der Waals surface area contributed by atoms with Crippen molar-refractivity contribution in [3.63, 3.8) is 0 Å². The van der Waals surface area contributed by atoms with Crippen LogP contribution < -0.4 is 25.9 Å². The van der Waals surface area contributed by atoms with E-state index in [-0.39, 0.29) is 22.9 Å². The predicted octanol–water partition coefficient (Wildman–Crippen LogP) is 1.34. The second-order valence-corrected chi connectivity index (χ2v) is 10.7. The van der Waals surface area contributed by atoms with E-state index in [4.69, 9.17) is 13.9 Å². The van der Waals surface area contributed by atoms with Gasteiger partial charge in [0.05, 0.1) is 24.6 Å². The summed E-state index contributed by atoms with van der Waals surface area (Å²) in [6.07, 6.45) is 1.99. The first kappa shape index (κ1) is 26.7. The zero-order valence-corrected chi connectivity index (χ0v) is 21.8. The SMILES string of the molecule is COc1ccc(CCNC(=O)Cn2c(=O)oc3cc(S(=O)(=O)N4CCCNCCC4)ccc32)cc1OC. The lowest BCUT2D eigenvalue weighted by atomic mass is 10.1. The molecule has 1 aliphatic rings. The molecule has 1 amide bonds. The number of rotatable bonds is 9. The Kier molecular flexibility index (Phi) is 8.52. The number of hydrogen-bond acceptors (Lipinski definition) is 8. The molecule has 12 heteroatoms. The number of fused-ring (bicyclic) bond motifs is 1. The molecular weight excluding hydrogens is 500 g/mol. The van der Waals surface area contributed by atoms with Crippen molar-refractivity contribution in [3.05, 3.63) is 52.5 Å². The Morgan fingerprint density at radius 3 is 2.49 bits per heavy atom. The van der Waals surface area contributed by atoms with Gasteiger partial charge in [0, 0.05) is 25.7 Å². The summed E-state index contributed by atoms with van der Waals surface area (Å²) in [4.78, 5) is 25.1. The van der Waals surface area contributed by atoms with Crippen LogP contribution in [0.1, 0.15) is 18.4 Å². The van der Waals surface area contributed by atoms with E-state index < -0.39 is 15.8 Å². The molecule has 0 saturated carbocycles. The molecule has 0 unspecified atom stereocenters. The number of ether oxygens (including phenoxy) is 2. The van der Waals surface area contributed by atoms with Crippen LogP contribution in [0.4, 0.5) is 0 Å². The number of methoxy groups -OCH3 is 2. The molecule has 1 aliphatic heterocycles. The Morgan fingerprint density at radius 1 is 1.05 bits per heavy atom. The van der Waals surface area contributed by atoms with Crippen LogP contribution in [0, 0.1) is 0 Å². The number of sulfonamides is 1. The third kappa shape index (κ3) is 6.14. The van der Waals surface area contributed by atoms with Crippen LogP contribution >= 0.6 is 0 Å². The molecule has 11 nitrogen and oxygen atoms in total. The Hall–Kier alpha value is -3.35. The smallest absolute Gasteiger partial charge is 0.420 e. The van der Waals surface area contributed by atoms with Gasteiger partial charge in [0.25, 0.3) is 0 Å². The monoisotopic (exact) mass is 532 g/mol. The molecule has 200 valence electrons. The van der Waals surface area contributed by atoms with Crippen molar-refractivity contribution >= 4 is 27.0 Å². The maximum absolute atomic E-state index is 13.2. The predicted molar refractivity (Wildman–Crippen MR) is 138 cm³/mol. The van der Waals surface area contributed by atoms with Crippen LogP contribution in [0.2, 0.25) is 0 Å². The number of oxazole rings is 1. The molecule has 2 aromatic carbocycles. The zero-order chi connectivity index (χ0) is 26.4. The average Bonchev–Trinajstić information content (AvgIpc) is 3.17. The lowest BCUT2D eigenvalue weighted by molar-refractivity contribution is -0.121. The molecule has 2 heterocycles. The summed E-state index contributed by atoms with van der Waals surface area (Å²) in [6.45, 7) is 2.47. The van der Waals surface area contributed by atoms with Gasteiger partial charge in [-0.25, -0.2) is 13.2 Å². The van der Waals surface area contributed by atoms with Gasteiger partial charge in [0.15, 0.2) is 17.1 Å². The summed E-state index contributed by atoms with van der Waals surface area (Å²) in [5.41, 5.74) is 1.43. The highest BCUT2D eigenvalue weighted by Gasteiger charge is 2.26. The van der Waals surface area contributed by atoms with Crippen LogP contribution in [0.5, 0.6) is 11.5 Å². The molecule has 0 aliphatic carbocycles. The average molecular weight is 533 g/mol. The minimum atomic E-state index is -3.73. The van der Waals surface area contributed by atoms with Crippen LogP contribution in [0.3, 0.4) is 0 Å². The second-order valence-electron chi connectivity index (χ2n) is 8.73. The van der Waals surface area contributed by atoms with E-state index in [2.05, 4.69) is 10.6 Å². The van der Waals surface area contributed by atoms with Crippen molar-refractivity contribution in [2.45, 2.75) is 30.7 Å². The molecule has 2 N–H and O–H groups in total. The quantitative estimate of drug-likeness (QED) is 0.422.